The Labute approximate surface area is 199 Å². The van der Waals surface area contributed by atoms with E-state index >= 15 is 0 Å². The van der Waals surface area contributed by atoms with Crippen LogP contribution in [0.2, 0.25) is 0 Å². The van der Waals surface area contributed by atoms with Crippen molar-refractivity contribution in [2.24, 2.45) is 0 Å². The van der Waals surface area contributed by atoms with Gasteiger partial charge in [0.15, 0.2) is 0 Å². The number of sulfonamides is 2. The Bertz CT molecular complexity index is 1470. The second-order valence-electron chi connectivity index (χ2n) is 7.97. The van der Waals surface area contributed by atoms with Crippen LogP contribution in [0.4, 0.5) is 17.1 Å². The first kappa shape index (κ1) is 23.8. The third-order valence-corrected chi connectivity index (χ3v) is 8.76. The number of nitrogens with one attached hydrogen (secondary N) is 2. The Morgan fingerprint density at radius 1 is 0.971 bits per heavy atom. The molecule has 3 aromatic rings. The first-order valence-corrected chi connectivity index (χ1v) is 13.8. The predicted octanol–water partition coefficient (Wildman–Crippen LogP) is 3.76. The number of hydrogen-bond donors (Lipinski definition) is 2. The number of benzene rings is 3. The van der Waals surface area contributed by atoms with Crippen LogP contribution in [0.25, 0.3) is 0 Å². The van der Waals surface area contributed by atoms with Crippen LogP contribution >= 0.6 is 0 Å². The van der Waals surface area contributed by atoms with Gasteiger partial charge >= 0.3 is 0 Å². The maximum absolute atomic E-state index is 13.3. The molecule has 0 saturated carbocycles. The van der Waals surface area contributed by atoms with E-state index in [1.165, 1.54) is 22.5 Å². The van der Waals surface area contributed by atoms with Crippen molar-refractivity contribution in [3.63, 3.8) is 0 Å². The van der Waals surface area contributed by atoms with Crippen LogP contribution in [-0.4, -0.2) is 35.0 Å². The van der Waals surface area contributed by atoms with E-state index in [1.807, 2.05) is 12.1 Å². The van der Waals surface area contributed by atoms with Gasteiger partial charge in [0.2, 0.25) is 10.0 Å². The zero-order chi connectivity index (χ0) is 24.5. The van der Waals surface area contributed by atoms with Gasteiger partial charge < -0.3 is 5.32 Å². The molecule has 0 radical (unpaired) electrons. The second kappa shape index (κ2) is 9.11. The topological polar surface area (TPSA) is 113 Å². The van der Waals surface area contributed by atoms with Gasteiger partial charge in [0, 0.05) is 17.8 Å². The highest BCUT2D eigenvalue weighted by Crippen LogP contribution is 2.33. The molecule has 1 aliphatic heterocycles. The lowest BCUT2D eigenvalue weighted by atomic mass is 10.1. The van der Waals surface area contributed by atoms with Crippen LogP contribution in [0.1, 0.15) is 28.4 Å². The van der Waals surface area contributed by atoms with Crippen molar-refractivity contribution in [1.82, 2.24) is 0 Å². The normalized spacial score (nSPS) is 13.4. The molecule has 4 rings (SSSR count). The number of amides is 1. The Morgan fingerprint density at radius 2 is 1.74 bits per heavy atom. The maximum Gasteiger partial charge on any atom is 0.264 e. The summed E-state index contributed by atoms with van der Waals surface area (Å²) in [5, 5.41) is 2.74. The lowest BCUT2D eigenvalue weighted by molar-refractivity contribution is 0.102. The first-order valence-electron chi connectivity index (χ1n) is 10.7. The molecule has 8 nitrogen and oxygen atoms in total. The summed E-state index contributed by atoms with van der Waals surface area (Å²) in [4.78, 5) is 12.9. The quantitative estimate of drug-likeness (QED) is 0.514. The summed E-state index contributed by atoms with van der Waals surface area (Å²) in [5.41, 5.74) is 3.36. The Kier molecular flexibility index (Phi) is 6.37. The van der Waals surface area contributed by atoms with Crippen molar-refractivity contribution < 1.29 is 21.6 Å². The summed E-state index contributed by atoms with van der Waals surface area (Å²) in [5.74, 6) is -0.520. The van der Waals surface area contributed by atoms with Crippen molar-refractivity contribution in [2.45, 2.75) is 25.2 Å². The molecule has 10 heteroatoms. The van der Waals surface area contributed by atoms with Crippen LogP contribution in [0, 0.1) is 6.92 Å². The SMILES string of the molecule is CCS(=O)(=O)Nc1ccc(NC(=O)c2cccc(S(=O)(=O)N3CCc4ccccc43)c2)cc1C. The Hall–Kier alpha value is -3.37. The number of carbonyl (C=O) groups excluding carboxylic acids is 1. The van der Waals surface area contributed by atoms with E-state index in [2.05, 4.69) is 10.0 Å². The average molecular weight is 500 g/mol. The number of hydrogen-bond acceptors (Lipinski definition) is 5. The number of para-hydroxylation sites is 1. The molecule has 178 valence electrons. The van der Waals surface area contributed by atoms with Gasteiger partial charge in [0.05, 0.1) is 22.0 Å². The fourth-order valence-electron chi connectivity index (χ4n) is 3.78. The summed E-state index contributed by atoms with van der Waals surface area (Å²) in [6, 6.07) is 18.1. The molecule has 1 amide bonds. The molecule has 0 fully saturated rings. The Morgan fingerprint density at radius 3 is 2.47 bits per heavy atom. The molecule has 0 saturated heterocycles. The molecule has 0 aromatic heterocycles. The van der Waals surface area contributed by atoms with Gasteiger partial charge in [-0.1, -0.05) is 24.3 Å². The van der Waals surface area contributed by atoms with Gasteiger partial charge in [-0.2, -0.15) is 0 Å². The van der Waals surface area contributed by atoms with Gasteiger partial charge in [-0.15, -0.1) is 0 Å². The van der Waals surface area contributed by atoms with Gasteiger partial charge in [-0.3, -0.25) is 13.8 Å². The third-order valence-electron chi connectivity index (χ3n) is 5.66. The number of nitrogens with zero attached hydrogens (tertiary/aromatic N) is 1. The number of carbonyl (C=O) groups is 1. The number of fused-ring (bicyclic) bond motifs is 1. The molecule has 34 heavy (non-hydrogen) atoms. The van der Waals surface area contributed by atoms with E-state index < -0.39 is 26.0 Å². The van der Waals surface area contributed by atoms with Crippen LogP contribution in [0.3, 0.4) is 0 Å². The lowest BCUT2D eigenvalue weighted by Gasteiger charge is -2.20. The first-order chi connectivity index (χ1) is 16.1. The van der Waals surface area contributed by atoms with Crippen LogP contribution in [0.5, 0.6) is 0 Å². The summed E-state index contributed by atoms with van der Waals surface area (Å²) in [6.45, 7) is 3.62. The van der Waals surface area contributed by atoms with Gasteiger partial charge in [0.1, 0.15) is 0 Å². The minimum atomic E-state index is -3.83. The van der Waals surface area contributed by atoms with Crippen molar-refractivity contribution in [3.05, 3.63) is 83.4 Å². The molecule has 1 heterocycles. The zero-order valence-electron chi connectivity index (χ0n) is 18.8. The fourth-order valence-corrected chi connectivity index (χ4v) is 6.04. The van der Waals surface area contributed by atoms with Crippen LogP contribution < -0.4 is 14.3 Å². The number of anilines is 3. The molecular weight excluding hydrogens is 474 g/mol. The second-order valence-corrected chi connectivity index (χ2v) is 11.8. The monoisotopic (exact) mass is 499 g/mol. The summed E-state index contributed by atoms with van der Waals surface area (Å²) in [7, 11) is -7.24. The van der Waals surface area contributed by atoms with Gasteiger partial charge in [-0.25, -0.2) is 16.8 Å². The van der Waals surface area contributed by atoms with Crippen LogP contribution in [0.15, 0.2) is 71.6 Å². The minimum absolute atomic E-state index is 0.0392. The summed E-state index contributed by atoms with van der Waals surface area (Å²) >= 11 is 0. The molecule has 0 aliphatic carbocycles. The molecule has 0 atom stereocenters. The fraction of sp³-hybridized carbons (Fsp3) is 0.208. The van der Waals surface area contributed by atoms with E-state index in [-0.39, 0.29) is 16.2 Å². The van der Waals surface area contributed by atoms with Crippen molar-refractivity contribution in [2.75, 3.05) is 26.6 Å². The van der Waals surface area contributed by atoms with Crippen LogP contribution in [-0.2, 0) is 26.5 Å². The maximum atomic E-state index is 13.3. The molecule has 0 bridgehead atoms. The number of rotatable bonds is 7. The smallest absolute Gasteiger partial charge is 0.264 e. The molecule has 2 N–H and O–H groups in total. The van der Waals surface area contributed by atoms with E-state index in [0.717, 1.165) is 5.56 Å². The van der Waals surface area contributed by atoms with Crippen molar-refractivity contribution in [3.8, 4) is 0 Å². The highest BCUT2D eigenvalue weighted by Gasteiger charge is 2.31. The van der Waals surface area contributed by atoms with E-state index in [0.29, 0.717) is 35.6 Å². The highest BCUT2D eigenvalue weighted by atomic mass is 32.2. The molecule has 0 unspecified atom stereocenters. The minimum Gasteiger partial charge on any atom is -0.322 e. The predicted molar refractivity (Wildman–Crippen MR) is 133 cm³/mol. The van der Waals surface area contributed by atoms with Gasteiger partial charge in [0.25, 0.3) is 15.9 Å². The van der Waals surface area contributed by atoms with E-state index in [4.69, 9.17) is 0 Å². The van der Waals surface area contributed by atoms with Crippen molar-refractivity contribution >= 4 is 43.0 Å². The summed E-state index contributed by atoms with van der Waals surface area (Å²) < 4.78 is 54.1. The largest absolute Gasteiger partial charge is 0.322 e. The third kappa shape index (κ3) is 4.78. The number of aryl methyl sites for hydroxylation is 1. The molecule has 0 spiro atoms. The van der Waals surface area contributed by atoms with E-state index in [1.54, 1.807) is 50.2 Å². The highest BCUT2D eigenvalue weighted by molar-refractivity contribution is 7.93. The lowest BCUT2D eigenvalue weighted by Crippen LogP contribution is -2.29. The van der Waals surface area contributed by atoms with E-state index in [9.17, 15) is 21.6 Å². The Balaban J connectivity index is 1.54. The molecule has 3 aromatic carbocycles. The molecular formula is C24H25N3O5S2. The zero-order valence-corrected chi connectivity index (χ0v) is 20.4. The summed E-state index contributed by atoms with van der Waals surface area (Å²) in [6.07, 6.45) is 0.638. The standard InChI is InChI=1S/C24H25N3O5S2/c1-3-33(29,30)26-22-12-11-20(15-17(22)2)25-24(28)19-8-6-9-21(16-19)34(31,32)27-14-13-18-7-4-5-10-23(18)27/h4-12,15-16,26H,3,13-14H2,1-2H3,(H,25,28). The van der Waals surface area contributed by atoms with Gasteiger partial charge in [-0.05, 0) is 73.9 Å². The average Bonchev–Trinajstić information content (AvgIpc) is 3.26. The van der Waals surface area contributed by atoms with Crippen molar-refractivity contribution in [1.29, 1.82) is 0 Å². The molecule has 1 aliphatic rings.